The molecule has 0 atom stereocenters. The first-order valence-corrected chi connectivity index (χ1v) is 19.7. The quantitative estimate of drug-likeness (QED) is 0.180. The van der Waals surface area contributed by atoms with Crippen molar-refractivity contribution in [2.45, 2.75) is 38.5 Å². The van der Waals surface area contributed by atoms with Gasteiger partial charge in [-0.2, -0.15) is 0 Å². The van der Waals surface area contributed by atoms with Gasteiger partial charge < -0.3 is 9.64 Å². The van der Waals surface area contributed by atoms with Gasteiger partial charge in [0, 0.05) is 33.3 Å². The molecule has 1 heterocycles. The number of benzene rings is 8. The van der Waals surface area contributed by atoms with Crippen LogP contribution in [0.4, 0.5) is 17.1 Å². The average molecular weight is 720 g/mol. The zero-order valence-corrected chi connectivity index (χ0v) is 32.1. The standard InChI is InChI=1S/C54H41NO/c1-53(2)45-21-12-10-18-39(45)41-29-26-36(32-47(41)53)55(37-27-30-42-40-19-11-13-22-46(40)54(3,4)48(42)33-37)49-23-14-24-50-52(49)44-20-9-8-17-38(44)43-28-25-35(31-51(43)56-50)34-15-6-5-7-16-34/h5-33H,1-4H3. The van der Waals surface area contributed by atoms with E-state index in [1.54, 1.807) is 0 Å². The Bertz CT molecular complexity index is 2790. The van der Waals surface area contributed by atoms with Crippen LogP contribution < -0.4 is 9.64 Å². The van der Waals surface area contributed by atoms with Crippen LogP contribution in [0.3, 0.4) is 0 Å². The van der Waals surface area contributed by atoms with Crippen molar-refractivity contribution in [1.82, 2.24) is 0 Å². The van der Waals surface area contributed by atoms with E-state index in [2.05, 4.69) is 209 Å². The zero-order valence-electron chi connectivity index (χ0n) is 32.1. The molecule has 8 aromatic carbocycles. The minimum absolute atomic E-state index is 0.142. The van der Waals surface area contributed by atoms with E-state index < -0.39 is 0 Å². The Kier molecular flexibility index (Phi) is 6.98. The first kappa shape index (κ1) is 32.8. The average Bonchev–Trinajstić information content (AvgIpc) is 3.53. The highest BCUT2D eigenvalue weighted by Crippen LogP contribution is 2.56. The lowest BCUT2D eigenvalue weighted by Crippen LogP contribution is -2.18. The number of hydrogen-bond donors (Lipinski definition) is 0. The highest BCUT2D eigenvalue weighted by molar-refractivity contribution is 6.00. The Hall–Kier alpha value is -6.64. The SMILES string of the molecule is CC1(C)c2ccccc2-c2ccc(N(c3ccc4c(c3)C(C)(C)c3ccccc3-4)c3cccc4c3-c3ccccc3-c3ccc(-c5ccccc5)cc3O4)cc21. The van der Waals surface area contributed by atoms with Crippen molar-refractivity contribution in [2.75, 3.05) is 4.90 Å². The summed E-state index contributed by atoms with van der Waals surface area (Å²) in [7, 11) is 0. The Morgan fingerprint density at radius 2 is 0.875 bits per heavy atom. The van der Waals surface area contributed by atoms with Crippen LogP contribution in [0.15, 0.2) is 176 Å². The van der Waals surface area contributed by atoms with Crippen molar-refractivity contribution < 1.29 is 4.74 Å². The lowest BCUT2D eigenvalue weighted by Gasteiger charge is -2.31. The van der Waals surface area contributed by atoms with E-state index >= 15 is 0 Å². The van der Waals surface area contributed by atoms with E-state index in [4.69, 9.17) is 4.74 Å². The van der Waals surface area contributed by atoms with E-state index in [0.29, 0.717) is 0 Å². The maximum Gasteiger partial charge on any atom is 0.137 e. The Balaban J connectivity index is 1.15. The molecule has 8 aromatic rings. The monoisotopic (exact) mass is 719 g/mol. The van der Waals surface area contributed by atoms with Crippen molar-refractivity contribution in [2.24, 2.45) is 0 Å². The van der Waals surface area contributed by atoms with Gasteiger partial charge in [-0.05, 0) is 115 Å². The second-order valence-corrected chi connectivity index (χ2v) is 16.5. The van der Waals surface area contributed by atoms with Crippen molar-refractivity contribution in [3.63, 3.8) is 0 Å². The van der Waals surface area contributed by atoms with Gasteiger partial charge in [0.15, 0.2) is 0 Å². The zero-order chi connectivity index (χ0) is 37.8. The van der Waals surface area contributed by atoms with E-state index in [1.807, 2.05) is 0 Å². The molecular weight excluding hydrogens is 679 g/mol. The molecule has 0 N–H and O–H groups in total. The van der Waals surface area contributed by atoms with Crippen LogP contribution in [0.5, 0.6) is 11.5 Å². The summed E-state index contributed by atoms with van der Waals surface area (Å²) in [4.78, 5) is 2.48. The molecule has 268 valence electrons. The minimum Gasteiger partial charge on any atom is -0.456 e. The molecule has 0 saturated heterocycles. The van der Waals surface area contributed by atoms with Crippen molar-refractivity contribution in [1.29, 1.82) is 0 Å². The maximum absolute atomic E-state index is 7.08. The van der Waals surface area contributed by atoms with Gasteiger partial charge in [-0.15, -0.1) is 0 Å². The molecule has 2 heteroatoms. The Labute approximate surface area is 329 Å². The summed E-state index contributed by atoms with van der Waals surface area (Å²) in [5, 5.41) is 0. The summed E-state index contributed by atoms with van der Waals surface area (Å²) < 4.78 is 7.08. The molecule has 0 spiro atoms. The van der Waals surface area contributed by atoms with Gasteiger partial charge in [-0.3, -0.25) is 0 Å². The van der Waals surface area contributed by atoms with Gasteiger partial charge in [0.25, 0.3) is 0 Å². The summed E-state index contributed by atoms with van der Waals surface area (Å²) in [5.41, 5.74) is 20.5. The number of fused-ring (bicyclic) bond motifs is 11. The van der Waals surface area contributed by atoms with Crippen LogP contribution in [-0.2, 0) is 10.8 Å². The van der Waals surface area contributed by atoms with Gasteiger partial charge >= 0.3 is 0 Å². The molecule has 2 nitrogen and oxygen atoms in total. The number of anilines is 3. The first-order valence-electron chi connectivity index (χ1n) is 19.7. The molecular formula is C54H41NO. The maximum atomic E-state index is 7.08. The fraction of sp³-hybridized carbons (Fsp3) is 0.111. The molecule has 0 fully saturated rings. The van der Waals surface area contributed by atoms with Crippen LogP contribution in [-0.4, -0.2) is 0 Å². The van der Waals surface area contributed by atoms with Gasteiger partial charge in [-0.1, -0.05) is 155 Å². The Morgan fingerprint density at radius 1 is 0.357 bits per heavy atom. The van der Waals surface area contributed by atoms with Crippen LogP contribution in [0.2, 0.25) is 0 Å². The molecule has 11 rings (SSSR count). The molecule has 1 aliphatic heterocycles. The second-order valence-electron chi connectivity index (χ2n) is 16.5. The van der Waals surface area contributed by atoms with Crippen molar-refractivity contribution in [3.8, 4) is 67.1 Å². The van der Waals surface area contributed by atoms with Crippen LogP contribution >= 0.6 is 0 Å². The minimum atomic E-state index is -0.142. The fourth-order valence-electron chi connectivity index (χ4n) is 9.85. The molecule has 0 saturated carbocycles. The lowest BCUT2D eigenvalue weighted by atomic mass is 9.82. The number of rotatable bonds is 4. The number of ether oxygens (including phenoxy) is 1. The molecule has 0 amide bonds. The van der Waals surface area contributed by atoms with Gasteiger partial charge in [0.1, 0.15) is 11.5 Å². The van der Waals surface area contributed by atoms with Gasteiger partial charge in [0.2, 0.25) is 0 Å². The van der Waals surface area contributed by atoms with Gasteiger partial charge in [0.05, 0.1) is 5.69 Å². The first-order chi connectivity index (χ1) is 27.3. The summed E-state index contributed by atoms with van der Waals surface area (Å²) >= 11 is 0. The molecule has 56 heavy (non-hydrogen) atoms. The predicted molar refractivity (Wildman–Crippen MR) is 233 cm³/mol. The molecule has 3 aliphatic rings. The molecule has 0 bridgehead atoms. The van der Waals surface area contributed by atoms with E-state index in [9.17, 15) is 0 Å². The highest BCUT2D eigenvalue weighted by Gasteiger charge is 2.38. The summed E-state index contributed by atoms with van der Waals surface area (Å²) in [6, 6.07) is 64.5. The summed E-state index contributed by atoms with van der Waals surface area (Å²) in [5.74, 6) is 1.70. The Morgan fingerprint density at radius 3 is 1.50 bits per heavy atom. The van der Waals surface area contributed by atoms with Crippen LogP contribution in [0, 0.1) is 0 Å². The van der Waals surface area contributed by atoms with Crippen LogP contribution in [0.1, 0.15) is 49.9 Å². The third kappa shape index (κ3) is 4.69. The lowest BCUT2D eigenvalue weighted by molar-refractivity contribution is 0.488. The van der Waals surface area contributed by atoms with E-state index in [0.717, 1.165) is 56.4 Å². The van der Waals surface area contributed by atoms with Crippen molar-refractivity contribution in [3.05, 3.63) is 198 Å². The molecule has 0 radical (unpaired) electrons. The van der Waals surface area contributed by atoms with Crippen molar-refractivity contribution >= 4 is 17.1 Å². The number of hydrogen-bond acceptors (Lipinski definition) is 2. The number of nitrogens with zero attached hydrogens (tertiary/aromatic N) is 1. The topological polar surface area (TPSA) is 12.5 Å². The van der Waals surface area contributed by atoms with Gasteiger partial charge in [-0.25, -0.2) is 0 Å². The third-order valence-electron chi connectivity index (χ3n) is 12.7. The largest absolute Gasteiger partial charge is 0.456 e. The van der Waals surface area contributed by atoms with E-state index in [-0.39, 0.29) is 10.8 Å². The summed E-state index contributed by atoms with van der Waals surface area (Å²) in [6.07, 6.45) is 0. The third-order valence-corrected chi connectivity index (χ3v) is 12.7. The molecule has 0 aromatic heterocycles. The normalized spacial score (nSPS) is 14.5. The fourth-order valence-corrected chi connectivity index (χ4v) is 9.85. The molecule has 0 unspecified atom stereocenters. The highest BCUT2D eigenvalue weighted by atomic mass is 16.5. The van der Waals surface area contributed by atoms with E-state index in [1.165, 1.54) is 50.1 Å². The summed E-state index contributed by atoms with van der Waals surface area (Å²) in [6.45, 7) is 9.45. The smallest absolute Gasteiger partial charge is 0.137 e. The van der Waals surface area contributed by atoms with Crippen LogP contribution in [0.25, 0.3) is 55.6 Å². The predicted octanol–water partition coefficient (Wildman–Crippen LogP) is 14.9. The second kappa shape index (κ2) is 11.9. The molecule has 2 aliphatic carbocycles.